The number of para-hydroxylation sites is 2. The third kappa shape index (κ3) is 6.66. The molecule has 12 aromatic rings. The lowest BCUT2D eigenvalue weighted by molar-refractivity contribution is 0.673. The lowest BCUT2D eigenvalue weighted by atomic mass is 9.93. The van der Waals surface area contributed by atoms with Gasteiger partial charge in [0.25, 0.3) is 0 Å². The van der Waals surface area contributed by atoms with E-state index in [2.05, 4.69) is 217 Å². The van der Waals surface area contributed by atoms with Gasteiger partial charge in [-0.05, 0) is 93.0 Å². The van der Waals surface area contributed by atoms with E-state index in [1.165, 1.54) is 16.3 Å². The molecule has 0 radical (unpaired) electrons. The van der Waals surface area contributed by atoms with Crippen LogP contribution in [0.1, 0.15) is 0 Å². The Kier molecular flexibility index (Phi) is 9.12. The molecule has 4 heteroatoms. The van der Waals surface area contributed by atoms with Crippen LogP contribution in [0, 0.1) is 0 Å². The molecule has 0 bridgehead atoms. The Hall–Kier alpha value is -8.60. The number of rotatable bonds is 8. The summed E-state index contributed by atoms with van der Waals surface area (Å²) in [6, 6.07) is 83.3. The average Bonchev–Trinajstić information content (AvgIpc) is 3.77. The van der Waals surface area contributed by atoms with Gasteiger partial charge in [0.15, 0.2) is 5.82 Å². The number of benzene rings is 10. The first-order valence-corrected chi connectivity index (χ1v) is 21.6. The Morgan fingerprint density at radius 2 is 0.875 bits per heavy atom. The third-order valence-electron chi connectivity index (χ3n) is 12.3. The summed E-state index contributed by atoms with van der Waals surface area (Å²) >= 11 is 0. The fraction of sp³-hybridized carbons (Fsp3) is 0. The van der Waals surface area contributed by atoms with Crippen LogP contribution in [0.15, 0.2) is 241 Å². The molecule has 0 unspecified atom stereocenters. The van der Waals surface area contributed by atoms with Crippen molar-refractivity contribution in [3.05, 3.63) is 237 Å². The van der Waals surface area contributed by atoms with Gasteiger partial charge in [0.2, 0.25) is 0 Å². The highest BCUT2D eigenvalue weighted by molar-refractivity contribution is 6.23. The van der Waals surface area contributed by atoms with Crippen LogP contribution in [-0.4, -0.2) is 9.97 Å². The quantitative estimate of drug-likeness (QED) is 0.153. The van der Waals surface area contributed by atoms with E-state index in [1.807, 2.05) is 24.3 Å². The lowest BCUT2D eigenvalue weighted by Gasteiger charge is -2.26. The highest BCUT2D eigenvalue weighted by Crippen LogP contribution is 2.45. The molecule has 64 heavy (non-hydrogen) atoms. The first kappa shape index (κ1) is 37.2. The fourth-order valence-corrected chi connectivity index (χ4v) is 9.14. The van der Waals surface area contributed by atoms with Crippen molar-refractivity contribution in [1.82, 2.24) is 9.97 Å². The van der Waals surface area contributed by atoms with Gasteiger partial charge >= 0.3 is 0 Å². The molecule has 0 aliphatic rings. The summed E-state index contributed by atoms with van der Waals surface area (Å²) in [6.07, 6.45) is 0. The van der Waals surface area contributed by atoms with Gasteiger partial charge in [0.1, 0.15) is 11.2 Å². The van der Waals surface area contributed by atoms with Gasteiger partial charge in [-0.3, -0.25) is 0 Å². The Balaban J connectivity index is 1.01. The summed E-state index contributed by atoms with van der Waals surface area (Å²) in [6.45, 7) is 0. The Morgan fingerprint density at radius 3 is 1.62 bits per heavy atom. The predicted molar refractivity (Wildman–Crippen MR) is 266 cm³/mol. The first-order valence-electron chi connectivity index (χ1n) is 21.6. The van der Waals surface area contributed by atoms with Gasteiger partial charge in [-0.1, -0.05) is 182 Å². The number of aromatic nitrogens is 2. The van der Waals surface area contributed by atoms with E-state index in [0.717, 1.165) is 94.5 Å². The van der Waals surface area contributed by atoms with Gasteiger partial charge in [-0.2, -0.15) is 0 Å². The maximum atomic E-state index is 6.92. The number of anilines is 3. The van der Waals surface area contributed by atoms with Gasteiger partial charge in [0.05, 0.1) is 11.4 Å². The van der Waals surface area contributed by atoms with Gasteiger partial charge < -0.3 is 9.32 Å². The van der Waals surface area contributed by atoms with E-state index >= 15 is 0 Å². The van der Waals surface area contributed by atoms with Gasteiger partial charge in [-0.15, -0.1) is 0 Å². The van der Waals surface area contributed by atoms with E-state index < -0.39 is 0 Å². The van der Waals surface area contributed by atoms with Crippen LogP contribution in [0.25, 0.3) is 99.6 Å². The van der Waals surface area contributed by atoms with Crippen molar-refractivity contribution < 1.29 is 4.42 Å². The van der Waals surface area contributed by atoms with E-state index in [-0.39, 0.29) is 0 Å². The molecule has 2 aromatic heterocycles. The van der Waals surface area contributed by atoms with Crippen LogP contribution >= 0.6 is 0 Å². The number of nitrogens with zero attached hydrogens (tertiary/aromatic N) is 3. The molecule has 0 N–H and O–H groups in total. The molecule has 2 heterocycles. The van der Waals surface area contributed by atoms with Crippen molar-refractivity contribution in [1.29, 1.82) is 0 Å². The van der Waals surface area contributed by atoms with Crippen LogP contribution in [-0.2, 0) is 0 Å². The largest absolute Gasteiger partial charge is 0.455 e. The summed E-state index contributed by atoms with van der Waals surface area (Å²) in [5, 5.41) is 6.54. The summed E-state index contributed by atoms with van der Waals surface area (Å²) in [7, 11) is 0. The van der Waals surface area contributed by atoms with Crippen LogP contribution in [0.5, 0.6) is 0 Å². The van der Waals surface area contributed by atoms with E-state index in [1.54, 1.807) is 0 Å². The number of hydrogen-bond acceptors (Lipinski definition) is 4. The van der Waals surface area contributed by atoms with Crippen LogP contribution in [0.2, 0.25) is 0 Å². The molecule has 0 saturated heterocycles. The molecule has 0 spiro atoms. The summed E-state index contributed by atoms with van der Waals surface area (Å²) in [5.74, 6) is 0.645. The van der Waals surface area contributed by atoms with Crippen molar-refractivity contribution in [2.75, 3.05) is 4.90 Å². The predicted octanol–water partition coefficient (Wildman–Crippen LogP) is 16.5. The summed E-state index contributed by atoms with van der Waals surface area (Å²) in [4.78, 5) is 13.0. The molecule has 300 valence electrons. The zero-order chi connectivity index (χ0) is 42.4. The van der Waals surface area contributed by atoms with Crippen LogP contribution in [0.4, 0.5) is 17.1 Å². The highest BCUT2D eigenvalue weighted by atomic mass is 16.3. The molecular formula is C60H39N3O. The molecule has 0 saturated carbocycles. The molecule has 10 aromatic carbocycles. The third-order valence-corrected chi connectivity index (χ3v) is 12.3. The second kappa shape index (κ2) is 15.7. The molecule has 0 fully saturated rings. The second-order valence-corrected chi connectivity index (χ2v) is 16.2. The summed E-state index contributed by atoms with van der Waals surface area (Å²) in [5.41, 5.74) is 14.1. The second-order valence-electron chi connectivity index (χ2n) is 16.2. The van der Waals surface area contributed by atoms with Crippen LogP contribution < -0.4 is 4.90 Å². The highest BCUT2D eigenvalue weighted by Gasteiger charge is 2.22. The molecule has 0 amide bonds. The first-order chi connectivity index (χ1) is 31.7. The number of hydrogen-bond donors (Lipinski definition) is 0. The fourth-order valence-electron chi connectivity index (χ4n) is 9.14. The minimum atomic E-state index is 0.645. The molecule has 12 rings (SSSR count). The van der Waals surface area contributed by atoms with Gasteiger partial charge in [-0.25, -0.2) is 9.97 Å². The average molecular weight is 818 g/mol. The van der Waals surface area contributed by atoms with Crippen molar-refractivity contribution >= 4 is 60.5 Å². The van der Waals surface area contributed by atoms with Crippen LogP contribution in [0.3, 0.4) is 0 Å². The van der Waals surface area contributed by atoms with E-state index in [4.69, 9.17) is 14.4 Å². The van der Waals surface area contributed by atoms with Crippen molar-refractivity contribution in [3.63, 3.8) is 0 Å². The Morgan fingerprint density at radius 1 is 0.328 bits per heavy atom. The molecule has 0 atom stereocenters. The molecule has 0 aliphatic carbocycles. The maximum absolute atomic E-state index is 6.92. The number of fused-ring (bicyclic) bond motifs is 6. The van der Waals surface area contributed by atoms with E-state index in [0.29, 0.717) is 5.82 Å². The molecule has 4 nitrogen and oxygen atoms in total. The zero-order valence-electron chi connectivity index (χ0n) is 34.8. The molecular weight excluding hydrogens is 779 g/mol. The standard InChI is InChI=1S/C60H39N3O/c1-4-15-40(16-5-1)42-27-29-45(30-28-42)55-39-54(44-18-6-2-7-19-44)61-60(62-55)53-38-47-21-14-25-51(57(47)59-58(53)52-24-12-13-26-56(52)64-59)43-32-34-49(35-33-43)63(48-22-8-3-9-23-48)50-36-31-41-17-10-11-20-46(41)37-50/h1-39H. The van der Waals surface area contributed by atoms with Crippen molar-refractivity contribution in [3.8, 4) is 56.2 Å². The SMILES string of the molecule is c1ccc(-c2ccc(-c3cc(-c4ccccc4)nc(-c4cc5cccc(-c6ccc(N(c7ccccc7)c7ccc8ccccc8c7)cc6)c5c5oc6ccccc6c45)n3)cc2)cc1. The van der Waals surface area contributed by atoms with E-state index in [9.17, 15) is 0 Å². The Bertz CT molecular complexity index is 3640. The van der Waals surface area contributed by atoms with Crippen molar-refractivity contribution in [2.24, 2.45) is 0 Å². The monoisotopic (exact) mass is 817 g/mol. The zero-order valence-corrected chi connectivity index (χ0v) is 34.8. The normalized spacial score (nSPS) is 11.4. The minimum absolute atomic E-state index is 0.645. The number of furan rings is 1. The Labute approximate surface area is 371 Å². The topological polar surface area (TPSA) is 42.2 Å². The molecule has 0 aliphatic heterocycles. The lowest BCUT2D eigenvalue weighted by Crippen LogP contribution is -2.09. The maximum Gasteiger partial charge on any atom is 0.161 e. The smallest absolute Gasteiger partial charge is 0.161 e. The summed E-state index contributed by atoms with van der Waals surface area (Å²) < 4.78 is 6.92. The van der Waals surface area contributed by atoms with Gasteiger partial charge in [0, 0.05) is 49.9 Å². The van der Waals surface area contributed by atoms with Crippen molar-refractivity contribution in [2.45, 2.75) is 0 Å². The minimum Gasteiger partial charge on any atom is -0.455 e.